The van der Waals surface area contributed by atoms with Gasteiger partial charge in [0.2, 0.25) is 0 Å². The van der Waals surface area contributed by atoms with Gasteiger partial charge < -0.3 is 10.6 Å². The molecule has 1 aromatic heterocycles. The number of rotatable bonds is 3. The van der Waals surface area contributed by atoms with Crippen molar-refractivity contribution in [3.05, 3.63) is 66.0 Å². The minimum absolute atomic E-state index is 0.101. The molecular formula is C19H25N3O. The Kier molecular flexibility index (Phi) is 6.76. The van der Waals surface area contributed by atoms with Gasteiger partial charge in [-0.3, -0.25) is 9.78 Å². The van der Waals surface area contributed by atoms with Gasteiger partial charge in [-0.1, -0.05) is 50.2 Å². The molecule has 2 atom stereocenters. The summed E-state index contributed by atoms with van der Waals surface area (Å²) in [5.41, 5.74) is 1.79. The maximum atomic E-state index is 12.2. The van der Waals surface area contributed by atoms with Crippen molar-refractivity contribution in [1.82, 2.24) is 15.6 Å². The third kappa shape index (κ3) is 4.89. The molecule has 1 fully saturated rings. The van der Waals surface area contributed by atoms with Gasteiger partial charge in [0.05, 0.1) is 0 Å². The first kappa shape index (κ1) is 17.2. The average molecular weight is 311 g/mol. The fourth-order valence-electron chi connectivity index (χ4n) is 2.79. The van der Waals surface area contributed by atoms with E-state index in [1.807, 2.05) is 32.0 Å². The number of carbonyl (C=O) groups excluding carboxylic acids is 1. The molecule has 1 amide bonds. The van der Waals surface area contributed by atoms with E-state index < -0.39 is 0 Å². The smallest absolute Gasteiger partial charge is 0.270 e. The van der Waals surface area contributed by atoms with Crippen molar-refractivity contribution in [2.75, 3.05) is 13.1 Å². The lowest BCUT2D eigenvalue weighted by Gasteiger charge is -2.30. The highest BCUT2D eigenvalue weighted by Crippen LogP contribution is 2.23. The minimum Gasteiger partial charge on any atom is -0.347 e. The van der Waals surface area contributed by atoms with Crippen LogP contribution in [0.1, 0.15) is 42.2 Å². The molecule has 122 valence electrons. The Bertz CT molecular complexity index is 586. The first-order valence-corrected chi connectivity index (χ1v) is 8.30. The third-order valence-corrected chi connectivity index (χ3v) is 3.85. The van der Waals surface area contributed by atoms with Crippen molar-refractivity contribution < 1.29 is 4.79 Å². The summed E-state index contributed by atoms with van der Waals surface area (Å²) >= 11 is 0. The zero-order chi connectivity index (χ0) is 16.5. The molecule has 0 saturated carbocycles. The SMILES string of the molecule is CC.O=C(NC1CNCC(c2ccccc2)C1)c1ccccn1. The number of nitrogens with zero attached hydrogens (tertiary/aromatic N) is 1. The van der Waals surface area contributed by atoms with E-state index in [1.54, 1.807) is 12.3 Å². The predicted octanol–water partition coefficient (Wildman–Crippen LogP) is 2.98. The van der Waals surface area contributed by atoms with Crippen LogP contribution in [-0.4, -0.2) is 30.0 Å². The normalized spacial score (nSPS) is 20.1. The average Bonchev–Trinajstić information content (AvgIpc) is 2.65. The number of carbonyl (C=O) groups is 1. The Balaban J connectivity index is 0.000000924. The molecule has 4 nitrogen and oxygen atoms in total. The van der Waals surface area contributed by atoms with E-state index in [9.17, 15) is 4.79 Å². The number of hydrogen-bond donors (Lipinski definition) is 2. The quantitative estimate of drug-likeness (QED) is 0.916. The van der Waals surface area contributed by atoms with E-state index in [4.69, 9.17) is 0 Å². The van der Waals surface area contributed by atoms with Crippen molar-refractivity contribution in [3.8, 4) is 0 Å². The van der Waals surface area contributed by atoms with Gasteiger partial charge in [-0.05, 0) is 30.0 Å². The van der Waals surface area contributed by atoms with E-state index in [2.05, 4.69) is 39.9 Å². The van der Waals surface area contributed by atoms with E-state index in [0.717, 1.165) is 19.5 Å². The summed E-state index contributed by atoms with van der Waals surface area (Å²) in [5, 5.41) is 6.48. The number of pyridine rings is 1. The van der Waals surface area contributed by atoms with Crippen LogP contribution in [0, 0.1) is 0 Å². The number of amides is 1. The first-order valence-electron chi connectivity index (χ1n) is 8.30. The molecule has 4 heteroatoms. The number of nitrogens with one attached hydrogen (secondary N) is 2. The van der Waals surface area contributed by atoms with Crippen molar-refractivity contribution in [1.29, 1.82) is 0 Å². The Morgan fingerprint density at radius 3 is 2.52 bits per heavy atom. The zero-order valence-electron chi connectivity index (χ0n) is 13.8. The van der Waals surface area contributed by atoms with Gasteiger partial charge in [-0.2, -0.15) is 0 Å². The molecule has 2 heterocycles. The fraction of sp³-hybridized carbons (Fsp3) is 0.368. The van der Waals surface area contributed by atoms with Crippen LogP contribution in [-0.2, 0) is 0 Å². The molecule has 0 bridgehead atoms. The number of aromatic nitrogens is 1. The van der Waals surface area contributed by atoms with Crippen LogP contribution >= 0.6 is 0 Å². The maximum Gasteiger partial charge on any atom is 0.270 e. The van der Waals surface area contributed by atoms with E-state index in [-0.39, 0.29) is 11.9 Å². The van der Waals surface area contributed by atoms with Crippen LogP contribution < -0.4 is 10.6 Å². The van der Waals surface area contributed by atoms with E-state index in [0.29, 0.717) is 11.6 Å². The van der Waals surface area contributed by atoms with Gasteiger partial charge in [0, 0.05) is 25.3 Å². The molecule has 23 heavy (non-hydrogen) atoms. The topological polar surface area (TPSA) is 54.0 Å². The molecular weight excluding hydrogens is 286 g/mol. The summed E-state index contributed by atoms with van der Waals surface area (Å²) < 4.78 is 0. The monoisotopic (exact) mass is 311 g/mol. The molecule has 1 saturated heterocycles. The van der Waals surface area contributed by atoms with Crippen LogP contribution in [0.3, 0.4) is 0 Å². The summed E-state index contributed by atoms with van der Waals surface area (Å²) in [6.07, 6.45) is 2.59. The zero-order valence-corrected chi connectivity index (χ0v) is 13.8. The summed E-state index contributed by atoms with van der Waals surface area (Å²) in [6, 6.07) is 16.0. The molecule has 3 rings (SSSR count). The van der Waals surface area contributed by atoms with Crippen LogP contribution in [0.2, 0.25) is 0 Å². The lowest BCUT2D eigenvalue weighted by molar-refractivity contribution is 0.0923. The summed E-state index contributed by atoms with van der Waals surface area (Å²) in [5.74, 6) is 0.338. The van der Waals surface area contributed by atoms with Crippen LogP contribution in [0.4, 0.5) is 0 Å². The van der Waals surface area contributed by atoms with Gasteiger partial charge in [-0.15, -0.1) is 0 Å². The lowest BCUT2D eigenvalue weighted by atomic mass is 9.89. The van der Waals surface area contributed by atoms with Gasteiger partial charge in [0.1, 0.15) is 5.69 Å². The Hall–Kier alpha value is -2.20. The van der Waals surface area contributed by atoms with Crippen molar-refractivity contribution >= 4 is 5.91 Å². The van der Waals surface area contributed by atoms with Gasteiger partial charge >= 0.3 is 0 Å². The van der Waals surface area contributed by atoms with Crippen molar-refractivity contribution in [2.24, 2.45) is 0 Å². The van der Waals surface area contributed by atoms with Gasteiger partial charge in [-0.25, -0.2) is 0 Å². The summed E-state index contributed by atoms with van der Waals surface area (Å²) in [6.45, 7) is 5.77. The highest BCUT2D eigenvalue weighted by atomic mass is 16.1. The van der Waals surface area contributed by atoms with Crippen LogP contribution in [0.25, 0.3) is 0 Å². The maximum absolute atomic E-state index is 12.2. The number of benzene rings is 1. The molecule has 0 radical (unpaired) electrons. The Morgan fingerprint density at radius 2 is 1.83 bits per heavy atom. The largest absolute Gasteiger partial charge is 0.347 e. The highest BCUT2D eigenvalue weighted by Gasteiger charge is 2.24. The second-order valence-electron chi connectivity index (χ2n) is 5.39. The fourth-order valence-corrected chi connectivity index (χ4v) is 2.79. The Morgan fingerprint density at radius 1 is 1.09 bits per heavy atom. The Labute approximate surface area is 138 Å². The van der Waals surface area contributed by atoms with Crippen LogP contribution in [0.15, 0.2) is 54.7 Å². The second kappa shape index (κ2) is 9.06. The highest BCUT2D eigenvalue weighted by molar-refractivity contribution is 5.92. The minimum atomic E-state index is -0.101. The third-order valence-electron chi connectivity index (χ3n) is 3.85. The number of hydrogen-bond acceptors (Lipinski definition) is 3. The summed E-state index contributed by atoms with van der Waals surface area (Å²) in [4.78, 5) is 16.2. The molecule has 2 N–H and O–H groups in total. The second-order valence-corrected chi connectivity index (χ2v) is 5.39. The van der Waals surface area contributed by atoms with E-state index in [1.165, 1.54) is 5.56 Å². The van der Waals surface area contributed by atoms with Crippen molar-refractivity contribution in [3.63, 3.8) is 0 Å². The molecule has 1 aliphatic rings. The first-order chi connectivity index (χ1) is 11.3. The molecule has 1 aromatic carbocycles. The van der Waals surface area contributed by atoms with Gasteiger partial charge in [0.25, 0.3) is 5.91 Å². The molecule has 0 aliphatic carbocycles. The van der Waals surface area contributed by atoms with Crippen LogP contribution in [0.5, 0.6) is 0 Å². The summed E-state index contributed by atoms with van der Waals surface area (Å²) in [7, 11) is 0. The number of piperidine rings is 1. The van der Waals surface area contributed by atoms with E-state index >= 15 is 0 Å². The predicted molar refractivity (Wildman–Crippen MR) is 93.5 cm³/mol. The molecule has 0 spiro atoms. The molecule has 2 aromatic rings. The molecule has 2 unspecified atom stereocenters. The van der Waals surface area contributed by atoms with Gasteiger partial charge in [0.15, 0.2) is 0 Å². The molecule has 1 aliphatic heterocycles. The van der Waals surface area contributed by atoms with Crippen molar-refractivity contribution in [2.45, 2.75) is 32.2 Å². The standard InChI is InChI=1S/C17H19N3O.C2H6/c21-17(16-8-4-5-9-19-16)20-15-10-14(11-18-12-15)13-6-2-1-3-7-13;1-2/h1-9,14-15,18H,10-12H2,(H,20,21);1-2H3. The lowest BCUT2D eigenvalue weighted by Crippen LogP contribution is -2.48.